The second-order valence-electron chi connectivity index (χ2n) is 7.10. The van der Waals surface area contributed by atoms with Gasteiger partial charge in [0.1, 0.15) is 11.3 Å². The standard InChI is InChI=1S/C21H24N4O2S/c1-27-18-9-7-16(8-10-18)23-20(28)24-13-11-21(12-14-24)19(26)22-15-25(21)17-5-3-2-4-6-17/h2-10H,11-15H2,1H3,(H,22,26)(H,23,28). The van der Waals surface area contributed by atoms with E-state index in [1.807, 2.05) is 42.5 Å². The number of carbonyl (C=O) groups excluding carboxylic acids is 1. The largest absolute Gasteiger partial charge is 0.497 e. The number of rotatable bonds is 3. The molecule has 0 radical (unpaired) electrons. The summed E-state index contributed by atoms with van der Waals surface area (Å²) in [7, 11) is 1.65. The highest BCUT2D eigenvalue weighted by atomic mass is 32.1. The summed E-state index contributed by atoms with van der Waals surface area (Å²) in [5, 5.41) is 7.00. The molecule has 2 aliphatic heterocycles. The number of carbonyl (C=O) groups is 1. The van der Waals surface area contributed by atoms with Crippen LogP contribution in [0.5, 0.6) is 5.75 Å². The summed E-state index contributed by atoms with van der Waals surface area (Å²) in [6.07, 6.45) is 1.47. The molecule has 146 valence electrons. The number of ether oxygens (including phenoxy) is 1. The zero-order valence-electron chi connectivity index (χ0n) is 15.9. The zero-order chi connectivity index (χ0) is 19.6. The van der Waals surface area contributed by atoms with Gasteiger partial charge in [-0.3, -0.25) is 4.79 Å². The van der Waals surface area contributed by atoms with E-state index in [9.17, 15) is 4.79 Å². The van der Waals surface area contributed by atoms with Crippen molar-refractivity contribution in [3.8, 4) is 5.75 Å². The molecule has 2 heterocycles. The van der Waals surface area contributed by atoms with Crippen LogP contribution in [0, 0.1) is 0 Å². The van der Waals surface area contributed by atoms with Crippen LogP contribution >= 0.6 is 12.2 Å². The van der Waals surface area contributed by atoms with Crippen LogP contribution in [0.3, 0.4) is 0 Å². The number of para-hydroxylation sites is 1. The second kappa shape index (κ2) is 7.67. The molecule has 2 saturated heterocycles. The fraction of sp³-hybridized carbons (Fsp3) is 0.333. The molecular formula is C21H24N4O2S. The summed E-state index contributed by atoms with van der Waals surface area (Å²) in [6, 6.07) is 17.8. The average Bonchev–Trinajstić information content (AvgIpc) is 3.05. The molecule has 7 heteroatoms. The number of piperidine rings is 1. The van der Waals surface area contributed by atoms with Crippen molar-refractivity contribution >= 4 is 34.6 Å². The molecule has 2 aliphatic rings. The Hall–Kier alpha value is -2.80. The third-order valence-electron chi connectivity index (χ3n) is 5.62. The average molecular weight is 397 g/mol. The van der Waals surface area contributed by atoms with Crippen LogP contribution in [-0.2, 0) is 4.79 Å². The maximum absolute atomic E-state index is 12.7. The van der Waals surface area contributed by atoms with Crippen LogP contribution in [0.2, 0.25) is 0 Å². The quantitative estimate of drug-likeness (QED) is 0.778. The van der Waals surface area contributed by atoms with Crippen LogP contribution < -0.4 is 20.3 Å². The summed E-state index contributed by atoms with van der Waals surface area (Å²) < 4.78 is 5.19. The number of benzene rings is 2. The van der Waals surface area contributed by atoms with Crippen molar-refractivity contribution in [1.82, 2.24) is 10.2 Å². The summed E-state index contributed by atoms with van der Waals surface area (Å²) in [4.78, 5) is 17.1. The minimum Gasteiger partial charge on any atom is -0.497 e. The van der Waals surface area contributed by atoms with Crippen LogP contribution in [-0.4, -0.2) is 48.3 Å². The first-order valence-electron chi connectivity index (χ1n) is 9.43. The Morgan fingerprint density at radius 1 is 1.11 bits per heavy atom. The van der Waals surface area contributed by atoms with E-state index in [0.29, 0.717) is 11.8 Å². The van der Waals surface area contributed by atoms with E-state index in [2.05, 4.69) is 32.6 Å². The van der Waals surface area contributed by atoms with Gasteiger partial charge in [-0.2, -0.15) is 0 Å². The van der Waals surface area contributed by atoms with Gasteiger partial charge in [-0.1, -0.05) is 18.2 Å². The Bertz CT molecular complexity index is 848. The minimum absolute atomic E-state index is 0.116. The van der Waals surface area contributed by atoms with Crippen LogP contribution in [0.25, 0.3) is 0 Å². The number of hydrogen-bond donors (Lipinski definition) is 2. The number of likely N-dealkylation sites (tertiary alicyclic amines) is 1. The van der Waals surface area contributed by atoms with E-state index in [4.69, 9.17) is 17.0 Å². The van der Waals surface area contributed by atoms with Gasteiger partial charge in [0.2, 0.25) is 5.91 Å². The Kier molecular flexibility index (Phi) is 5.09. The lowest BCUT2D eigenvalue weighted by Gasteiger charge is -2.44. The maximum atomic E-state index is 12.7. The number of anilines is 2. The molecule has 2 N–H and O–H groups in total. The van der Waals surface area contributed by atoms with Crippen molar-refractivity contribution in [2.75, 3.05) is 37.1 Å². The molecule has 1 amide bonds. The van der Waals surface area contributed by atoms with Crippen molar-refractivity contribution in [2.45, 2.75) is 18.4 Å². The number of methoxy groups -OCH3 is 1. The third kappa shape index (κ3) is 3.38. The fourth-order valence-electron chi connectivity index (χ4n) is 3.99. The highest BCUT2D eigenvalue weighted by Crippen LogP contribution is 2.36. The fourth-order valence-corrected chi connectivity index (χ4v) is 4.29. The van der Waals surface area contributed by atoms with Gasteiger partial charge in [0.15, 0.2) is 5.11 Å². The monoisotopic (exact) mass is 396 g/mol. The second-order valence-corrected chi connectivity index (χ2v) is 7.49. The predicted molar refractivity (Wildman–Crippen MR) is 115 cm³/mol. The lowest BCUT2D eigenvalue weighted by atomic mass is 9.86. The molecule has 4 rings (SSSR count). The first kappa shape index (κ1) is 18.6. The Morgan fingerprint density at radius 2 is 1.79 bits per heavy atom. The topological polar surface area (TPSA) is 56.8 Å². The number of amides is 1. The normalized spacial score (nSPS) is 18.1. The molecule has 2 aromatic rings. The molecule has 0 saturated carbocycles. The molecule has 0 bridgehead atoms. The van der Waals surface area contributed by atoms with E-state index in [0.717, 1.165) is 43.1 Å². The highest BCUT2D eigenvalue weighted by Gasteiger charge is 2.50. The SMILES string of the molecule is COc1ccc(NC(=S)N2CCC3(CC2)C(=O)NCN3c2ccccc2)cc1. The molecule has 1 spiro atoms. The van der Waals surface area contributed by atoms with E-state index in [1.54, 1.807) is 7.11 Å². The Balaban J connectivity index is 1.42. The Morgan fingerprint density at radius 3 is 2.43 bits per heavy atom. The van der Waals surface area contributed by atoms with Gasteiger partial charge in [0.05, 0.1) is 13.8 Å². The molecule has 2 aromatic carbocycles. The van der Waals surface area contributed by atoms with Crippen LogP contribution in [0.15, 0.2) is 54.6 Å². The van der Waals surface area contributed by atoms with E-state index < -0.39 is 5.54 Å². The van der Waals surface area contributed by atoms with Crippen molar-refractivity contribution in [1.29, 1.82) is 0 Å². The molecule has 6 nitrogen and oxygen atoms in total. The van der Waals surface area contributed by atoms with E-state index in [-0.39, 0.29) is 5.91 Å². The highest BCUT2D eigenvalue weighted by molar-refractivity contribution is 7.80. The van der Waals surface area contributed by atoms with Crippen molar-refractivity contribution in [3.05, 3.63) is 54.6 Å². The third-order valence-corrected chi connectivity index (χ3v) is 5.98. The maximum Gasteiger partial charge on any atom is 0.247 e. The molecular weight excluding hydrogens is 372 g/mol. The molecule has 0 aliphatic carbocycles. The Labute approximate surface area is 170 Å². The first-order valence-corrected chi connectivity index (χ1v) is 9.84. The molecule has 0 unspecified atom stereocenters. The summed E-state index contributed by atoms with van der Waals surface area (Å²) in [5.74, 6) is 0.926. The summed E-state index contributed by atoms with van der Waals surface area (Å²) in [5.41, 5.74) is 1.51. The van der Waals surface area contributed by atoms with Crippen molar-refractivity contribution < 1.29 is 9.53 Å². The van der Waals surface area contributed by atoms with Gasteiger partial charge in [0.25, 0.3) is 0 Å². The van der Waals surface area contributed by atoms with Crippen LogP contribution in [0.1, 0.15) is 12.8 Å². The van der Waals surface area contributed by atoms with Crippen molar-refractivity contribution in [2.24, 2.45) is 0 Å². The molecule has 0 aromatic heterocycles. The van der Waals surface area contributed by atoms with Crippen molar-refractivity contribution in [3.63, 3.8) is 0 Å². The van der Waals surface area contributed by atoms with Gasteiger partial charge >= 0.3 is 0 Å². The lowest BCUT2D eigenvalue weighted by Crippen LogP contribution is -2.57. The number of nitrogens with one attached hydrogen (secondary N) is 2. The van der Waals surface area contributed by atoms with E-state index in [1.165, 1.54) is 0 Å². The molecule has 0 atom stereocenters. The molecule has 28 heavy (non-hydrogen) atoms. The number of nitrogens with zero attached hydrogens (tertiary/aromatic N) is 2. The summed E-state index contributed by atoms with van der Waals surface area (Å²) >= 11 is 5.60. The van der Waals surface area contributed by atoms with Gasteiger partial charge in [0, 0.05) is 24.5 Å². The zero-order valence-corrected chi connectivity index (χ0v) is 16.7. The van der Waals surface area contributed by atoms with Crippen LogP contribution in [0.4, 0.5) is 11.4 Å². The predicted octanol–water partition coefficient (Wildman–Crippen LogP) is 2.82. The minimum atomic E-state index is -0.492. The van der Waals surface area contributed by atoms with E-state index >= 15 is 0 Å². The first-order chi connectivity index (χ1) is 13.6. The van der Waals surface area contributed by atoms with Gasteiger partial charge in [-0.05, 0) is 61.5 Å². The van der Waals surface area contributed by atoms with Gasteiger partial charge in [-0.15, -0.1) is 0 Å². The lowest BCUT2D eigenvalue weighted by molar-refractivity contribution is -0.124. The van der Waals surface area contributed by atoms with Gasteiger partial charge < -0.3 is 25.2 Å². The number of hydrogen-bond acceptors (Lipinski definition) is 4. The number of thiocarbonyl (C=S) groups is 1. The summed E-state index contributed by atoms with van der Waals surface area (Å²) in [6.45, 7) is 2.02. The smallest absolute Gasteiger partial charge is 0.247 e. The van der Waals surface area contributed by atoms with Gasteiger partial charge in [-0.25, -0.2) is 0 Å². The molecule has 2 fully saturated rings.